The van der Waals surface area contributed by atoms with E-state index in [9.17, 15) is 13.6 Å². The lowest BCUT2D eigenvalue weighted by Gasteiger charge is -2.18. The van der Waals surface area contributed by atoms with Gasteiger partial charge in [-0.15, -0.1) is 0 Å². The fourth-order valence-electron chi connectivity index (χ4n) is 1.23. The number of carbonyl (C=O) groups is 1. The molecule has 0 aliphatic heterocycles. The second-order valence-electron chi connectivity index (χ2n) is 4.86. The molecule has 0 unspecified atom stereocenters. The molecule has 0 aromatic heterocycles. The summed E-state index contributed by atoms with van der Waals surface area (Å²) in [4.78, 5) is 11.5. The normalized spacial score (nSPS) is 11.6. The van der Waals surface area contributed by atoms with Gasteiger partial charge in [-0.3, -0.25) is 4.79 Å². The summed E-state index contributed by atoms with van der Waals surface area (Å²) in [7, 11) is 0. The van der Waals surface area contributed by atoms with Crippen LogP contribution in [0, 0.1) is 11.6 Å². The molecule has 0 amide bonds. The molecular formula is C13H16F2O2. The van der Waals surface area contributed by atoms with Crippen molar-refractivity contribution in [2.75, 3.05) is 6.61 Å². The summed E-state index contributed by atoms with van der Waals surface area (Å²) in [6.45, 7) is 5.51. The van der Waals surface area contributed by atoms with E-state index >= 15 is 0 Å². The lowest BCUT2D eigenvalue weighted by atomic mass is 10.1. The van der Waals surface area contributed by atoms with Gasteiger partial charge in [-0.2, -0.15) is 0 Å². The van der Waals surface area contributed by atoms with E-state index in [1.165, 1.54) is 6.07 Å². The lowest BCUT2D eigenvalue weighted by molar-refractivity contribution is -0.127. The fraction of sp³-hybridized carbons (Fsp3) is 0.462. The molecule has 0 saturated carbocycles. The topological polar surface area (TPSA) is 26.3 Å². The molecule has 1 aromatic rings. The second-order valence-corrected chi connectivity index (χ2v) is 4.86. The molecule has 4 heteroatoms. The van der Waals surface area contributed by atoms with Crippen molar-refractivity contribution >= 4 is 5.78 Å². The average Bonchev–Trinajstić information content (AvgIpc) is 2.20. The summed E-state index contributed by atoms with van der Waals surface area (Å²) >= 11 is 0. The molecule has 0 N–H and O–H groups in total. The van der Waals surface area contributed by atoms with Gasteiger partial charge in [-0.1, -0.05) is 6.07 Å². The van der Waals surface area contributed by atoms with E-state index in [2.05, 4.69) is 0 Å². The van der Waals surface area contributed by atoms with Crippen LogP contribution < -0.4 is 0 Å². The molecule has 0 heterocycles. The van der Waals surface area contributed by atoms with Crippen LogP contribution in [0.1, 0.15) is 26.3 Å². The number of ether oxygens (including phenoxy) is 1. The number of hydrogen-bond acceptors (Lipinski definition) is 2. The monoisotopic (exact) mass is 242 g/mol. The number of carbonyl (C=O) groups excluding carboxylic acids is 1. The second kappa shape index (κ2) is 5.36. The van der Waals surface area contributed by atoms with Crippen molar-refractivity contribution in [2.24, 2.45) is 0 Å². The van der Waals surface area contributed by atoms with Gasteiger partial charge in [-0.05, 0) is 38.5 Å². The summed E-state index contributed by atoms with van der Waals surface area (Å²) in [5.41, 5.74) is 0.0652. The van der Waals surface area contributed by atoms with E-state index in [-0.39, 0.29) is 24.4 Å². The Labute approximate surface area is 99.6 Å². The summed E-state index contributed by atoms with van der Waals surface area (Å²) in [6.07, 6.45) is 0.0489. The molecule has 17 heavy (non-hydrogen) atoms. The maximum Gasteiger partial charge on any atom is 0.162 e. The first-order chi connectivity index (χ1) is 7.78. The van der Waals surface area contributed by atoms with Crippen molar-refractivity contribution in [1.82, 2.24) is 0 Å². The number of halogens is 2. The van der Waals surface area contributed by atoms with Gasteiger partial charge < -0.3 is 4.74 Å². The largest absolute Gasteiger partial charge is 0.368 e. The Morgan fingerprint density at radius 1 is 1.24 bits per heavy atom. The van der Waals surface area contributed by atoms with Crippen molar-refractivity contribution in [3.63, 3.8) is 0 Å². The van der Waals surface area contributed by atoms with Crippen LogP contribution >= 0.6 is 0 Å². The molecule has 0 atom stereocenters. The molecule has 0 aliphatic carbocycles. The van der Waals surface area contributed by atoms with Crippen molar-refractivity contribution in [1.29, 1.82) is 0 Å². The zero-order valence-corrected chi connectivity index (χ0v) is 10.2. The van der Waals surface area contributed by atoms with Gasteiger partial charge >= 0.3 is 0 Å². The standard InChI is InChI=1S/C13H16F2O2/c1-13(2,3)17-8-10(16)6-9-4-5-11(14)12(15)7-9/h4-5,7H,6,8H2,1-3H3. The van der Waals surface area contributed by atoms with E-state index in [1.54, 1.807) is 0 Å². The van der Waals surface area contributed by atoms with Gasteiger partial charge in [0.1, 0.15) is 6.61 Å². The maximum atomic E-state index is 12.9. The minimum Gasteiger partial charge on any atom is -0.368 e. The van der Waals surface area contributed by atoms with Gasteiger partial charge in [-0.25, -0.2) is 8.78 Å². The summed E-state index contributed by atoms with van der Waals surface area (Å²) in [5.74, 6) is -2.01. The van der Waals surface area contributed by atoms with Gasteiger partial charge in [0.15, 0.2) is 17.4 Å². The summed E-state index contributed by atoms with van der Waals surface area (Å²) in [6, 6.07) is 3.44. The molecule has 2 nitrogen and oxygen atoms in total. The van der Waals surface area contributed by atoms with Crippen LogP contribution in [0.4, 0.5) is 8.78 Å². The van der Waals surface area contributed by atoms with E-state index in [1.807, 2.05) is 20.8 Å². The Morgan fingerprint density at radius 3 is 2.41 bits per heavy atom. The van der Waals surface area contributed by atoms with Gasteiger partial charge in [0.2, 0.25) is 0 Å². The Kier molecular flexibility index (Phi) is 4.34. The predicted molar refractivity (Wildman–Crippen MR) is 60.8 cm³/mol. The molecule has 0 saturated heterocycles. The quantitative estimate of drug-likeness (QED) is 0.811. The van der Waals surface area contributed by atoms with Crippen LogP contribution in [0.5, 0.6) is 0 Å². The average molecular weight is 242 g/mol. The van der Waals surface area contributed by atoms with Crippen molar-refractivity contribution in [3.05, 3.63) is 35.4 Å². The molecule has 0 aliphatic rings. The first kappa shape index (κ1) is 13.8. The highest BCUT2D eigenvalue weighted by Crippen LogP contribution is 2.11. The zero-order chi connectivity index (χ0) is 13.1. The van der Waals surface area contributed by atoms with E-state index < -0.39 is 11.6 Å². The van der Waals surface area contributed by atoms with Gasteiger partial charge in [0.05, 0.1) is 5.60 Å². The number of ketones is 1. The number of benzene rings is 1. The van der Waals surface area contributed by atoms with Crippen LogP contribution in [-0.4, -0.2) is 18.0 Å². The zero-order valence-electron chi connectivity index (χ0n) is 10.2. The van der Waals surface area contributed by atoms with E-state index in [0.29, 0.717) is 5.56 Å². The third-order valence-electron chi connectivity index (χ3n) is 2.05. The first-order valence-electron chi connectivity index (χ1n) is 5.37. The summed E-state index contributed by atoms with van der Waals surface area (Å²) in [5, 5.41) is 0. The predicted octanol–water partition coefficient (Wildman–Crippen LogP) is 2.89. The third kappa shape index (κ3) is 5.04. The molecule has 0 spiro atoms. The fourth-order valence-corrected chi connectivity index (χ4v) is 1.23. The Hall–Kier alpha value is -1.29. The summed E-state index contributed by atoms with van der Waals surface area (Å²) < 4.78 is 30.8. The molecule has 0 fully saturated rings. The molecule has 1 rings (SSSR count). The Morgan fingerprint density at radius 2 is 1.88 bits per heavy atom. The maximum absolute atomic E-state index is 12.9. The lowest BCUT2D eigenvalue weighted by Crippen LogP contribution is -2.24. The number of hydrogen-bond donors (Lipinski definition) is 0. The molecule has 0 bridgehead atoms. The SMILES string of the molecule is CC(C)(C)OCC(=O)Cc1ccc(F)c(F)c1. The van der Waals surface area contributed by atoms with Crippen LogP contribution in [0.3, 0.4) is 0 Å². The number of rotatable bonds is 4. The van der Waals surface area contributed by atoms with Crippen LogP contribution in [0.25, 0.3) is 0 Å². The Balaban J connectivity index is 2.54. The number of Topliss-reactive ketones (excluding diaryl/α,β-unsaturated/α-hetero) is 1. The van der Waals surface area contributed by atoms with Crippen LogP contribution in [-0.2, 0) is 16.0 Å². The minimum absolute atomic E-state index is 0.0253. The third-order valence-corrected chi connectivity index (χ3v) is 2.05. The highest BCUT2D eigenvalue weighted by Gasteiger charge is 2.13. The van der Waals surface area contributed by atoms with Gasteiger partial charge in [0.25, 0.3) is 0 Å². The van der Waals surface area contributed by atoms with E-state index in [0.717, 1.165) is 12.1 Å². The van der Waals surface area contributed by atoms with E-state index in [4.69, 9.17) is 4.74 Å². The highest BCUT2D eigenvalue weighted by molar-refractivity contribution is 5.82. The first-order valence-corrected chi connectivity index (χ1v) is 5.37. The molecule has 0 radical (unpaired) electrons. The molecule has 94 valence electrons. The van der Waals surface area contributed by atoms with Gasteiger partial charge in [0, 0.05) is 6.42 Å². The van der Waals surface area contributed by atoms with Crippen molar-refractivity contribution < 1.29 is 18.3 Å². The highest BCUT2D eigenvalue weighted by atomic mass is 19.2. The molecule has 1 aromatic carbocycles. The van der Waals surface area contributed by atoms with Crippen molar-refractivity contribution in [3.8, 4) is 0 Å². The van der Waals surface area contributed by atoms with Crippen molar-refractivity contribution in [2.45, 2.75) is 32.8 Å². The smallest absolute Gasteiger partial charge is 0.162 e. The Bertz CT molecular complexity index is 408. The minimum atomic E-state index is -0.938. The van der Waals surface area contributed by atoms with Crippen LogP contribution in [0.15, 0.2) is 18.2 Å². The molecular weight excluding hydrogens is 226 g/mol. The van der Waals surface area contributed by atoms with Crippen LogP contribution in [0.2, 0.25) is 0 Å².